The number of hydrogen-bond acceptors (Lipinski definition) is 7. The van der Waals surface area contributed by atoms with Crippen LogP contribution in [0.3, 0.4) is 0 Å². The number of carbonyl (C=O) groups is 1. The fraction of sp³-hybridized carbons (Fsp3) is 0.562. The summed E-state index contributed by atoms with van der Waals surface area (Å²) in [5.41, 5.74) is 4.13. The van der Waals surface area contributed by atoms with Gasteiger partial charge in [0.05, 0.1) is 24.2 Å². The van der Waals surface area contributed by atoms with Crippen molar-refractivity contribution >= 4 is 11.7 Å². The highest BCUT2D eigenvalue weighted by molar-refractivity contribution is 5.87. The first kappa shape index (κ1) is 26.4. The number of amides is 1. The number of likely N-dealkylation sites (tertiary alicyclic amines) is 1. The standard InChI is InChI=1S/C32H37FN6O2/c1-3-28(40)39-15-14-38(18-20(39)10-12-34)30-22-9-11-32(24-7-4-8-26(33)29(24)23-16-25(23)32)17-27(22)35-31(36-30)41-19-21-6-5-13-37(21)2/h3-4,7-8,20-21,23,25H,1,5-6,9-11,13-19H2,2H3/t20-,21-,23?,25?,32?/m0/s1. The first-order valence-corrected chi connectivity index (χ1v) is 15.0. The molecule has 0 radical (unpaired) electrons. The van der Waals surface area contributed by atoms with Crippen LogP contribution >= 0.6 is 0 Å². The van der Waals surface area contributed by atoms with Crippen LogP contribution in [0.2, 0.25) is 0 Å². The minimum absolute atomic E-state index is 0.0683. The van der Waals surface area contributed by atoms with Crippen molar-refractivity contribution in [1.82, 2.24) is 19.8 Å². The molecule has 1 spiro atoms. The number of piperazine rings is 1. The summed E-state index contributed by atoms with van der Waals surface area (Å²) in [5.74, 6) is 1.43. The van der Waals surface area contributed by atoms with Crippen molar-refractivity contribution in [3.05, 3.63) is 59.1 Å². The van der Waals surface area contributed by atoms with E-state index in [0.29, 0.717) is 50.1 Å². The molecular weight excluding hydrogens is 519 g/mol. The number of likely N-dealkylation sites (N-methyl/N-ethyl adjacent to an activating group) is 1. The predicted molar refractivity (Wildman–Crippen MR) is 152 cm³/mol. The maximum Gasteiger partial charge on any atom is 0.318 e. The maximum absolute atomic E-state index is 15.0. The molecule has 7 rings (SSSR count). The molecule has 41 heavy (non-hydrogen) atoms. The van der Waals surface area contributed by atoms with E-state index in [2.05, 4.69) is 35.6 Å². The topological polar surface area (TPSA) is 85.6 Å². The van der Waals surface area contributed by atoms with Gasteiger partial charge in [0.1, 0.15) is 18.2 Å². The van der Waals surface area contributed by atoms with E-state index in [-0.39, 0.29) is 29.6 Å². The molecule has 3 aliphatic carbocycles. The van der Waals surface area contributed by atoms with Gasteiger partial charge in [-0.1, -0.05) is 18.7 Å². The van der Waals surface area contributed by atoms with Gasteiger partial charge >= 0.3 is 6.01 Å². The van der Waals surface area contributed by atoms with Gasteiger partial charge in [-0.2, -0.15) is 15.2 Å². The Balaban J connectivity index is 1.24. The van der Waals surface area contributed by atoms with Crippen LogP contribution < -0.4 is 9.64 Å². The molecule has 5 atom stereocenters. The van der Waals surface area contributed by atoms with Gasteiger partial charge in [-0.3, -0.25) is 4.79 Å². The van der Waals surface area contributed by atoms with Gasteiger partial charge in [0.15, 0.2) is 0 Å². The average molecular weight is 557 g/mol. The zero-order valence-electron chi connectivity index (χ0n) is 23.7. The first-order valence-electron chi connectivity index (χ1n) is 15.0. The second-order valence-electron chi connectivity index (χ2n) is 12.5. The fourth-order valence-corrected chi connectivity index (χ4v) is 8.27. The second kappa shape index (κ2) is 10.1. The number of halogens is 1. The van der Waals surface area contributed by atoms with E-state index < -0.39 is 0 Å². The molecule has 3 fully saturated rings. The van der Waals surface area contributed by atoms with Gasteiger partial charge in [-0.05, 0) is 80.8 Å². The third kappa shape index (κ3) is 4.30. The highest BCUT2D eigenvalue weighted by Crippen LogP contribution is 2.69. The maximum atomic E-state index is 15.0. The van der Waals surface area contributed by atoms with Gasteiger partial charge in [0.2, 0.25) is 5.91 Å². The van der Waals surface area contributed by atoms with E-state index in [1.165, 1.54) is 11.6 Å². The van der Waals surface area contributed by atoms with Crippen LogP contribution in [0.4, 0.5) is 10.2 Å². The van der Waals surface area contributed by atoms with Crippen molar-refractivity contribution in [3.8, 4) is 12.1 Å². The third-order valence-corrected chi connectivity index (χ3v) is 10.5. The molecule has 2 aliphatic heterocycles. The molecular formula is C32H37FN6O2. The molecule has 5 aliphatic rings. The van der Waals surface area contributed by atoms with Crippen LogP contribution in [0, 0.1) is 23.1 Å². The van der Waals surface area contributed by atoms with Gasteiger partial charge in [0, 0.05) is 43.1 Å². The van der Waals surface area contributed by atoms with E-state index in [0.717, 1.165) is 67.7 Å². The van der Waals surface area contributed by atoms with E-state index in [1.807, 2.05) is 6.07 Å². The molecule has 3 heterocycles. The van der Waals surface area contributed by atoms with Crippen LogP contribution in [-0.4, -0.2) is 77.6 Å². The summed E-state index contributed by atoms with van der Waals surface area (Å²) in [4.78, 5) is 28.8. The van der Waals surface area contributed by atoms with Gasteiger partial charge in [0.25, 0.3) is 0 Å². The molecule has 1 amide bonds. The Morgan fingerprint density at radius 2 is 2.17 bits per heavy atom. The number of anilines is 1. The lowest BCUT2D eigenvalue weighted by Crippen LogP contribution is -2.55. The minimum atomic E-state index is -0.242. The highest BCUT2D eigenvalue weighted by atomic mass is 19.1. The normalized spacial score (nSPS) is 30.0. The Morgan fingerprint density at radius 3 is 2.95 bits per heavy atom. The number of ether oxygens (including phenoxy) is 1. The molecule has 3 unspecified atom stereocenters. The number of rotatable bonds is 6. The Morgan fingerprint density at radius 1 is 1.29 bits per heavy atom. The van der Waals surface area contributed by atoms with Gasteiger partial charge in [-0.15, -0.1) is 0 Å². The first-order chi connectivity index (χ1) is 19.9. The van der Waals surface area contributed by atoms with Crippen molar-refractivity contribution in [1.29, 1.82) is 5.26 Å². The number of fused-ring (bicyclic) bond motifs is 6. The molecule has 2 aromatic rings. The average Bonchev–Trinajstić information content (AvgIpc) is 3.61. The van der Waals surface area contributed by atoms with Crippen molar-refractivity contribution in [2.75, 3.05) is 44.7 Å². The molecule has 8 nitrogen and oxygen atoms in total. The van der Waals surface area contributed by atoms with Crippen molar-refractivity contribution in [3.63, 3.8) is 0 Å². The number of hydrogen-bond donors (Lipinski definition) is 0. The number of carbonyl (C=O) groups excluding carboxylic acids is 1. The van der Waals surface area contributed by atoms with Crippen LogP contribution in [0.1, 0.15) is 60.4 Å². The fourth-order valence-electron chi connectivity index (χ4n) is 8.27. The zero-order valence-corrected chi connectivity index (χ0v) is 23.7. The minimum Gasteiger partial charge on any atom is -0.462 e. The summed E-state index contributed by atoms with van der Waals surface area (Å²) >= 11 is 0. The third-order valence-electron chi connectivity index (χ3n) is 10.5. The second-order valence-corrected chi connectivity index (χ2v) is 12.5. The van der Waals surface area contributed by atoms with Crippen LogP contribution in [0.25, 0.3) is 0 Å². The van der Waals surface area contributed by atoms with Crippen molar-refractivity contribution < 1.29 is 13.9 Å². The van der Waals surface area contributed by atoms with E-state index in [1.54, 1.807) is 11.0 Å². The molecule has 0 bridgehead atoms. The van der Waals surface area contributed by atoms with Crippen LogP contribution in [-0.2, 0) is 23.1 Å². The Labute approximate surface area is 240 Å². The zero-order chi connectivity index (χ0) is 28.3. The van der Waals surface area contributed by atoms with E-state index in [9.17, 15) is 14.4 Å². The highest BCUT2D eigenvalue weighted by Gasteiger charge is 2.62. The summed E-state index contributed by atoms with van der Waals surface area (Å²) in [5, 5.41) is 9.52. The SMILES string of the molecule is C=CC(=O)N1CCN(c2nc(OC[C@@H]3CCCN3C)nc3c2CCC2(C3)c3cccc(F)c3C3CC32)C[C@@H]1CC#N. The Bertz CT molecular complexity index is 1440. The summed E-state index contributed by atoms with van der Waals surface area (Å²) in [6.45, 7) is 6.89. The smallest absolute Gasteiger partial charge is 0.318 e. The number of nitrogens with zero attached hydrogens (tertiary/aromatic N) is 6. The largest absolute Gasteiger partial charge is 0.462 e. The molecule has 214 valence electrons. The lowest BCUT2D eigenvalue weighted by Gasteiger charge is -2.43. The molecule has 1 saturated carbocycles. The summed E-state index contributed by atoms with van der Waals surface area (Å²) in [6.07, 6.45) is 7.38. The lowest BCUT2D eigenvalue weighted by atomic mass is 9.67. The lowest BCUT2D eigenvalue weighted by molar-refractivity contribution is -0.128. The van der Waals surface area contributed by atoms with Gasteiger partial charge < -0.3 is 19.4 Å². The molecule has 9 heteroatoms. The van der Waals surface area contributed by atoms with E-state index in [4.69, 9.17) is 14.7 Å². The number of benzene rings is 1. The van der Waals surface area contributed by atoms with Crippen molar-refractivity contribution in [2.24, 2.45) is 5.92 Å². The Kier molecular flexibility index (Phi) is 6.50. The summed E-state index contributed by atoms with van der Waals surface area (Å²) in [7, 11) is 2.13. The molecule has 1 aromatic heterocycles. The Hall–Kier alpha value is -3.51. The summed E-state index contributed by atoms with van der Waals surface area (Å²) < 4.78 is 21.3. The van der Waals surface area contributed by atoms with Gasteiger partial charge in [-0.25, -0.2) is 4.39 Å². The number of nitriles is 1. The summed E-state index contributed by atoms with van der Waals surface area (Å²) in [6, 6.07) is 8.34. The number of aromatic nitrogens is 2. The van der Waals surface area contributed by atoms with E-state index >= 15 is 0 Å². The van der Waals surface area contributed by atoms with Crippen LogP contribution in [0.15, 0.2) is 30.9 Å². The molecule has 0 N–H and O–H groups in total. The monoisotopic (exact) mass is 556 g/mol. The predicted octanol–water partition coefficient (Wildman–Crippen LogP) is 3.75. The molecule has 2 saturated heterocycles. The van der Waals surface area contributed by atoms with Crippen molar-refractivity contribution in [2.45, 2.75) is 68.4 Å². The van der Waals surface area contributed by atoms with Crippen LogP contribution in [0.5, 0.6) is 6.01 Å². The quantitative estimate of drug-likeness (QED) is 0.501. The molecule has 1 aromatic carbocycles.